The van der Waals surface area contributed by atoms with Gasteiger partial charge < -0.3 is 5.11 Å². The Morgan fingerprint density at radius 3 is 2.62 bits per heavy atom. The summed E-state index contributed by atoms with van der Waals surface area (Å²) in [4.78, 5) is 0. The van der Waals surface area contributed by atoms with Gasteiger partial charge >= 0.3 is 0 Å². The van der Waals surface area contributed by atoms with Crippen LogP contribution in [0.4, 0.5) is 0 Å². The number of aliphatic hydroxyl groups excluding tert-OH is 1. The van der Waals surface area contributed by atoms with Crippen LogP contribution >= 0.6 is 0 Å². The summed E-state index contributed by atoms with van der Waals surface area (Å²) in [6.07, 6.45) is 3.56. The minimum absolute atomic E-state index is 0.573. The maximum atomic E-state index is 9.58. The smallest absolute Gasteiger partial charge is 0.0971 e. The molecule has 0 radical (unpaired) electrons. The van der Waals surface area contributed by atoms with Crippen molar-refractivity contribution in [1.82, 2.24) is 0 Å². The molecular formula is C12H14O. The van der Waals surface area contributed by atoms with E-state index < -0.39 is 6.10 Å². The van der Waals surface area contributed by atoms with Crippen LogP contribution in [-0.4, -0.2) is 5.11 Å². The van der Waals surface area contributed by atoms with Gasteiger partial charge in [-0.2, -0.15) is 0 Å². The highest BCUT2D eigenvalue weighted by Crippen LogP contribution is 2.19. The molecule has 1 aromatic carbocycles. The summed E-state index contributed by atoms with van der Waals surface area (Å²) in [5.74, 6) is 0. The van der Waals surface area contributed by atoms with Gasteiger partial charge in [0.15, 0.2) is 0 Å². The van der Waals surface area contributed by atoms with Crippen molar-refractivity contribution in [1.29, 1.82) is 0 Å². The molecule has 1 aromatic rings. The molecule has 68 valence electrons. The minimum atomic E-state index is -0.573. The fraction of sp³-hybridized carbons (Fsp3) is 0.167. The van der Waals surface area contributed by atoms with Crippen LogP contribution < -0.4 is 0 Å². The average Bonchev–Trinajstić information content (AvgIpc) is 2.18. The van der Waals surface area contributed by atoms with Crippen LogP contribution in [0.15, 0.2) is 49.6 Å². The van der Waals surface area contributed by atoms with E-state index in [1.54, 1.807) is 0 Å². The first-order valence-corrected chi connectivity index (χ1v) is 4.29. The molecule has 0 saturated carbocycles. The molecule has 0 saturated heterocycles. The van der Waals surface area contributed by atoms with E-state index in [0.29, 0.717) is 0 Å². The summed E-state index contributed by atoms with van der Waals surface area (Å²) in [5.41, 5.74) is 2.02. The molecule has 1 N–H and O–H groups in total. The molecular weight excluding hydrogens is 160 g/mol. The molecule has 1 heteroatoms. The van der Waals surface area contributed by atoms with Crippen LogP contribution in [0.3, 0.4) is 0 Å². The molecule has 0 fully saturated rings. The van der Waals surface area contributed by atoms with Crippen molar-refractivity contribution in [3.8, 4) is 0 Å². The van der Waals surface area contributed by atoms with Crippen molar-refractivity contribution in [2.75, 3.05) is 0 Å². The van der Waals surface area contributed by atoms with Gasteiger partial charge in [0.2, 0.25) is 0 Å². The molecule has 13 heavy (non-hydrogen) atoms. The molecule has 1 rings (SSSR count). The number of hydrogen-bond acceptors (Lipinski definition) is 1. The van der Waals surface area contributed by atoms with E-state index in [-0.39, 0.29) is 0 Å². The van der Waals surface area contributed by atoms with E-state index in [1.165, 1.54) is 6.08 Å². The molecule has 1 unspecified atom stereocenters. The summed E-state index contributed by atoms with van der Waals surface area (Å²) in [7, 11) is 0. The van der Waals surface area contributed by atoms with Crippen LogP contribution in [-0.2, 0) is 6.42 Å². The highest BCUT2D eigenvalue weighted by Gasteiger charge is 2.06. The second-order valence-electron chi connectivity index (χ2n) is 2.87. The lowest BCUT2D eigenvalue weighted by atomic mass is 10.00. The first kappa shape index (κ1) is 9.75. The summed E-state index contributed by atoms with van der Waals surface area (Å²) in [6, 6.07) is 7.77. The van der Waals surface area contributed by atoms with Crippen LogP contribution in [0, 0.1) is 0 Å². The third-order valence-corrected chi connectivity index (χ3v) is 1.96. The highest BCUT2D eigenvalue weighted by molar-refractivity contribution is 5.32. The fourth-order valence-electron chi connectivity index (χ4n) is 1.29. The Bertz CT molecular complexity index is 302. The van der Waals surface area contributed by atoms with Gasteiger partial charge in [-0.15, -0.1) is 13.2 Å². The zero-order valence-electron chi connectivity index (χ0n) is 7.61. The Hall–Kier alpha value is -1.34. The number of allylic oxidation sites excluding steroid dienone is 1. The largest absolute Gasteiger partial charge is 0.384 e. The van der Waals surface area contributed by atoms with E-state index in [2.05, 4.69) is 13.2 Å². The minimum Gasteiger partial charge on any atom is -0.384 e. The molecule has 0 aromatic heterocycles. The van der Waals surface area contributed by atoms with Gasteiger partial charge in [0, 0.05) is 0 Å². The molecule has 0 spiro atoms. The second-order valence-corrected chi connectivity index (χ2v) is 2.87. The molecule has 1 atom stereocenters. The molecule has 0 aliphatic heterocycles. The topological polar surface area (TPSA) is 20.2 Å². The zero-order valence-corrected chi connectivity index (χ0v) is 7.61. The van der Waals surface area contributed by atoms with Crippen molar-refractivity contribution in [3.05, 3.63) is 60.7 Å². The Balaban J connectivity index is 3.02. The Morgan fingerprint density at radius 2 is 2.00 bits per heavy atom. The third kappa shape index (κ3) is 2.30. The lowest BCUT2D eigenvalue weighted by Gasteiger charge is -2.10. The molecule has 0 bridgehead atoms. The molecule has 0 aliphatic rings. The van der Waals surface area contributed by atoms with Crippen LogP contribution in [0.2, 0.25) is 0 Å². The summed E-state index contributed by atoms with van der Waals surface area (Å²) in [5, 5.41) is 9.58. The van der Waals surface area contributed by atoms with Gasteiger partial charge in [0.25, 0.3) is 0 Å². The Kier molecular flexibility index (Phi) is 3.47. The quantitative estimate of drug-likeness (QED) is 0.696. The van der Waals surface area contributed by atoms with Crippen molar-refractivity contribution >= 4 is 0 Å². The molecule has 0 heterocycles. The zero-order chi connectivity index (χ0) is 9.68. The molecule has 0 aliphatic carbocycles. The Labute approximate surface area is 79.0 Å². The fourth-order valence-corrected chi connectivity index (χ4v) is 1.29. The standard InChI is InChI=1S/C12H14O/c1-3-7-10-8-5-6-9-11(10)12(13)4-2/h3-6,8-9,12-13H,1-2,7H2. The lowest BCUT2D eigenvalue weighted by Crippen LogP contribution is -1.97. The lowest BCUT2D eigenvalue weighted by molar-refractivity contribution is 0.228. The van der Waals surface area contributed by atoms with E-state index in [4.69, 9.17) is 0 Å². The van der Waals surface area contributed by atoms with Gasteiger partial charge in [-0.3, -0.25) is 0 Å². The first-order valence-electron chi connectivity index (χ1n) is 4.29. The summed E-state index contributed by atoms with van der Waals surface area (Å²) >= 11 is 0. The van der Waals surface area contributed by atoms with Crippen molar-refractivity contribution in [2.45, 2.75) is 12.5 Å². The normalized spacial score (nSPS) is 12.1. The molecule has 0 amide bonds. The SMILES string of the molecule is C=CCc1ccccc1C(O)C=C. The Morgan fingerprint density at radius 1 is 1.31 bits per heavy atom. The van der Waals surface area contributed by atoms with E-state index in [0.717, 1.165) is 17.5 Å². The predicted octanol–water partition coefficient (Wildman–Crippen LogP) is 2.63. The maximum Gasteiger partial charge on any atom is 0.0971 e. The monoisotopic (exact) mass is 174 g/mol. The number of rotatable bonds is 4. The predicted molar refractivity (Wildman–Crippen MR) is 55.5 cm³/mol. The van der Waals surface area contributed by atoms with Gasteiger partial charge in [0.1, 0.15) is 0 Å². The van der Waals surface area contributed by atoms with Gasteiger partial charge in [-0.05, 0) is 17.5 Å². The summed E-state index contributed by atoms with van der Waals surface area (Å²) < 4.78 is 0. The van der Waals surface area contributed by atoms with E-state index >= 15 is 0 Å². The number of aliphatic hydroxyl groups is 1. The van der Waals surface area contributed by atoms with Crippen molar-refractivity contribution in [2.24, 2.45) is 0 Å². The molecule has 1 nitrogen and oxygen atoms in total. The van der Waals surface area contributed by atoms with Gasteiger partial charge in [0.05, 0.1) is 6.10 Å². The highest BCUT2D eigenvalue weighted by atomic mass is 16.3. The van der Waals surface area contributed by atoms with Crippen molar-refractivity contribution in [3.63, 3.8) is 0 Å². The van der Waals surface area contributed by atoms with Crippen molar-refractivity contribution < 1.29 is 5.11 Å². The van der Waals surface area contributed by atoms with E-state index in [9.17, 15) is 5.11 Å². The van der Waals surface area contributed by atoms with Gasteiger partial charge in [-0.25, -0.2) is 0 Å². The van der Waals surface area contributed by atoms with Crippen LogP contribution in [0.25, 0.3) is 0 Å². The van der Waals surface area contributed by atoms with Crippen LogP contribution in [0.1, 0.15) is 17.2 Å². The second kappa shape index (κ2) is 4.63. The average molecular weight is 174 g/mol. The van der Waals surface area contributed by atoms with Gasteiger partial charge in [-0.1, -0.05) is 36.4 Å². The number of hydrogen-bond donors (Lipinski definition) is 1. The number of benzene rings is 1. The maximum absolute atomic E-state index is 9.58. The third-order valence-electron chi connectivity index (χ3n) is 1.96. The van der Waals surface area contributed by atoms with E-state index in [1.807, 2.05) is 30.3 Å². The first-order chi connectivity index (χ1) is 6.29. The van der Waals surface area contributed by atoms with Crippen LogP contribution in [0.5, 0.6) is 0 Å². The summed E-state index contributed by atoms with van der Waals surface area (Å²) in [6.45, 7) is 7.24.